The van der Waals surface area contributed by atoms with Gasteiger partial charge in [-0.15, -0.1) is 6.58 Å². The lowest BCUT2D eigenvalue weighted by Crippen LogP contribution is -2.37. The first-order valence-electron chi connectivity index (χ1n) is 20.9. The summed E-state index contributed by atoms with van der Waals surface area (Å²) in [4.78, 5) is 13.0. The summed E-state index contributed by atoms with van der Waals surface area (Å²) in [6.45, 7) is 21.5. The van der Waals surface area contributed by atoms with Crippen molar-refractivity contribution in [2.45, 2.75) is 52.1 Å². The van der Waals surface area contributed by atoms with Crippen LogP contribution in [-0.4, -0.2) is 11.7 Å². The summed E-state index contributed by atoms with van der Waals surface area (Å²) in [5, 5.41) is 5.78. The minimum atomic E-state index is -0.554. The number of rotatable bonds is 12. The van der Waals surface area contributed by atoms with E-state index in [-0.39, 0.29) is 5.92 Å². The molecular weight excluding hydrogens is 733 g/mol. The molecule has 60 heavy (non-hydrogen) atoms. The Balaban J connectivity index is 1.22. The maximum atomic E-state index is 6.21. The monoisotopic (exact) mass is 784 g/mol. The van der Waals surface area contributed by atoms with E-state index in [1.54, 1.807) is 0 Å². The van der Waals surface area contributed by atoms with Crippen LogP contribution in [0.4, 0.5) is 5.69 Å². The molecule has 5 heteroatoms. The van der Waals surface area contributed by atoms with Crippen LogP contribution in [0, 0.1) is 5.92 Å². The molecule has 3 heterocycles. The summed E-state index contributed by atoms with van der Waals surface area (Å²) < 4.78 is 6.21. The quantitative estimate of drug-likeness (QED) is 0.115. The number of allylic oxidation sites excluding steroid dienone is 18. The molecule has 3 aromatic carbocycles. The highest BCUT2D eigenvalue weighted by atomic mass is 16.3. The largest absolute Gasteiger partial charge is 0.456 e. The van der Waals surface area contributed by atoms with Crippen molar-refractivity contribution >= 4 is 44.9 Å². The molecular formula is C55H52N4O. The molecule has 2 aliphatic carbocycles. The molecule has 1 N–H and O–H groups in total. The van der Waals surface area contributed by atoms with Crippen molar-refractivity contribution in [3.8, 4) is 0 Å². The molecule has 0 bridgehead atoms. The van der Waals surface area contributed by atoms with Gasteiger partial charge in [0, 0.05) is 45.3 Å². The average Bonchev–Trinajstić information content (AvgIpc) is 3.65. The topological polar surface area (TPSA) is 53.1 Å². The van der Waals surface area contributed by atoms with Gasteiger partial charge in [-0.3, -0.25) is 0 Å². The molecule has 0 spiro atoms. The molecule has 0 fully saturated rings. The van der Waals surface area contributed by atoms with E-state index in [0.29, 0.717) is 0 Å². The van der Waals surface area contributed by atoms with Gasteiger partial charge in [0.2, 0.25) is 0 Å². The summed E-state index contributed by atoms with van der Waals surface area (Å²) in [5.74, 6) is 1.67. The van der Waals surface area contributed by atoms with Gasteiger partial charge in [0.1, 0.15) is 22.8 Å². The summed E-state index contributed by atoms with van der Waals surface area (Å²) in [5.41, 5.74) is 13.5. The number of hydrogen-bond acceptors (Lipinski definition) is 5. The van der Waals surface area contributed by atoms with Crippen LogP contribution in [-0.2, 0) is 0 Å². The van der Waals surface area contributed by atoms with E-state index in [2.05, 4.69) is 160 Å². The lowest BCUT2D eigenvalue weighted by Gasteiger charge is -2.30. The van der Waals surface area contributed by atoms with Gasteiger partial charge in [-0.05, 0) is 116 Å². The predicted octanol–water partition coefficient (Wildman–Crippen LogP) is 14.2. The first-order chi connectivity index (χ1) is 29.4. The zero-order chi connectivity index (χ0) is 41.6. The molecule has 2 aliphatic heterocycles. The second-order valence-electron chi connectivity index (χ2n) is 15.4. The first-order valence-corrected chi connectivity index (χ1v) is 20.9. The second-order valence-corrected chi connectivity index (χ2v) is 15.4. The fraction of sp³-hybridized carbons (Fsp3) is 0.164. The fourth-order valence-electron chi connectivity index (χ4n) is 8.62. The maximum absolute atomic E-state index is 6.21. The second kappa shape index (κ2) is 17.9. The van der Waals surface area contributed by atoms with Crippen molar-refractivity contribution < 1.29 is 4.42 Å². The van der Waals surface area contributed by atoms with Crippen molar-refractivity contribution in [1.29, 1.82) is 0 Å². The molecule has 1 aromatic heterocycles. The van der Waals surface area contributed by atoms with E-state index < -0.39 is 6.17 Å². The number of benzene rings is 3. The van der Waals surface area contributed by atoms with Gasteiger partial charge in [0.15, 0.2) is 6.17 Å². The lowest BCUT2D eigenvalue weighted by atomic mass is 9.86. The van der Waals surface area contributed by atoms with Crippen LogP contribution in [0.1, 0.15) is 68.8 Å². The summed E-state index contributed by atoms with van der Waals surface area (Å²) in [6, 6.07) is 20.9. The van der Waals surface area contributed by atoms with Gasteiger partial charge in [0.25, 0.3) is 0 Å². The Kier molecular flexibility index (Phi) is 11.9. The Morgan fingerprint density at radius 3 is 2.58 bits per heavy atom. The van der Waals surface area contributed by atoms with E-state index in [1.165, 1.54) is 16.7 Å². The maximum Gasteiger partial charge on any atom is 0.169 e. The zero-order valence-electron chi connectivity index (χ0n) is 34.7. The Bertz CT molecular complexity index is 2760. The minimum Gasteiger partial charge on any atom is -0.456 e. The Labute approximate surface area is 354 Å². The van der Waals surface area contributed by atoms with Crippen LogP contribution in [0.25, 0.3) is 27.5 Å². The van der Waals surface area contributed by atoms with Crippen molar-refractivity contribution in [2.24, 2.45) is 15.9 Å². The third-order valence-electron chi connectivity index (χ3n) is 11.6. The number of anilines is 1. The highest BCUT2D eigenvalue weighted by molar-refractivity contribution is 6.19. The van der Waals surface area contributed by atoms with Crippen molar-refractivity contribution in [1.82, 2.24) is 5.32 Å². The molecule has 2 unspecified atom stereocenters. The van der Waals surface area contributed by atoms with Gasteiger partial charge in [0.05, 0.1) is 5.69 Å². The van der Waals surface area contributed by atoms with Crippen LogP contribution in [0.15, 0.2) is 226 Å². The van der Waals surface area contributed by atoms with Gasteiger partial charge < -0.3 is 14.6 Å². The number of nitrogens with zero attached hydrogens (tertiary/aromatic N) is 3. The van der Waals surface area contributed by atoms with Crippen LogP contribution in [0.3, 0.4) is 0 Å². The number of furan rings is 1. The van der Waals surface area contributed by atoms with Gasteiger partial charge >= 0.3 is 0 Å². The minimum absolute atomic E-state index is 0.199. The number of amidine groups is 2. The van der Waals surface area contributed by atoms with Crippen LogP contribution >= 0.6 is 0 Å². The molecule has 298 valence electrons. The standard InChI is InChI=1S/C55H52N4O/c1-7-20-39-23-14-15-26-41(39)34-38(6)49(10-4)59-33-19-18-22-37(5)47-35-42(29-31-50(47)59)53-56-54(43-30-32-52-48(36-43)45-27-16-17-28-51(45)60-52)58-55(57-53)46(21-8-2)44(9-3)40-24-12-11-13-25-40/h7-13,15-19,21-22,24,26-33,35-36,40,53H,1-2,5-6,14,20,23,25,34H2,3-4H3,(H,56,57,58)/b22-18-,33-19-,44-9-,46-21+,49-10+. The van der Waals surface area contributed by atoms with E-state index in [0.717, 1.165) is 111 Å². The number of para-hydroxylation sites is 1. The molecule has 2 atom stereocenters. The molecule has 4 aromatic rings. The van der Waals surface area contributed by atoms with Crippen molar-refractivity contribution in [2.75, 3.05) is 4.90 Å². The van der Waals surface area contributed by atoms with Crippen LogP contribution < -0.4 is 10.2 Å². The summed E-state index contributed by atoms with van der Waals surface area (Å²) in [6.07, 6.45) is 35.9. The third kappa shape index (κ3) is 8.04. The Morgan fingerprint density at radius 2 is 1.78 bits per heavy atom. The molecule has 0 amide bonds. The number of aliphatic imine (C=N–C) groups is 2. The highest BCUT2D eigenvalue weighted by Gasteiger charge is 2.28. The van der Waals surface area contributed by atoms with Crippen LogP contribution in [0.2, 0.25) is 0 Å². The van der Waals surface area contributed by atoms with Gasteiger partial charge in [-0.1, -0.05) is 129 Å². The number of hydrogen-bond donors (Lipinski definition) is 1. The molecule has 0 saturated heterocycles. The molecule has 0 saturated carbocycles. The van der Waals surface area contributed by atoms with E-state index in [9.17, 15) is 0 Å². The van der Waals surface area contributed by atoms with E-state index in [1.807, 2.05) is 42.5 Å². The van der Waals surface area contributed by atoms with E-state index in [4.69, 9.17) is 14.4 Å². The van der Waals surface area contributed by atoms with E-state index >= 15 is 0 Å². The van der Waals surface area contributed by atoms with Gasteiger partial charge in [-0.2, -0.15) is 0 Å². The van der Waals surface area contributed by atoms with Gasteiger partial charge in [-0.25, -0.2) is 9.98 Å². The molecule has 5 nitrogen and oxygen atoms in total. The smallest absolute Gasteiger partial charge is 0.169 e. The zero-order valence-corrected chi connectivity index (χ0v) is 34.7. The SMILES string of the molecule is C=C/C=C(C1=NC(c2ccc3c(c2)C(=C)/C=C\C=C/N3/C(=C/C)C(=C)CC2=C(CC=C)CCC=C2)N=C(c2ccc3oc4ccccc4c3c2)N1)\C(=C/C)C1C=CC=CC1. The highest BCUT2D eigenvalue weighted by Crippen LogP contribution is 2.39. The first kappa shape index (κ1) is 39.8. The van der Waals surface area contributed by atoms with Crippen molar-refractivity contribution in [3.63, 3.8) is 0 Å². The van der Waals surface area contributed by atoms with Crippen LogP contribution in [0.5, 0.6) is 0 Å². The Hall–Kier alpha value is -6.98. The molecule has 0 radical (unpaired) electrons. The number of nitrogens with one attached hydrogen (secondary N) is 1. The van der Waals surface area contributed by atoms with Crippen molar-refractivity contribution in [3.05, 3.63) is 228 Å². The lowest BCUT2D eigenvalue weighted by molar-refractivity contribution is 0.669. The normalized spacial score (nSPS) is 20.6. The Morgan fingerprint density at radius 1 is 0.917 bits per heavy atom. The average molecular weight is 785 g/mol. The summed E-state index contributed by atoms with van der Waals surface area (Å²) >= 11 is 0. The fourth-order valence-corrected chi connectivity index (χ4v) is 8.62. The predicted molar refractivity (Wildman–Crippen MR) is 256 cm³/mol. The number of fused-ring (bicyclic) bond motifs is 4. The third-order valence-corrected chi connectivity index (χ3v) is 11.6. The molecule has 8 rings (SSSR count). The molecule has 4 aliphatic rings. The summed E-state index contributed by atoms with van der Waals surface area (Å²) in [7, 11) is 0.